The third-order valence-electron chi connectivity index (χ3n) is 2.95. The summed E-state index contributed by atoms with van der Waals surface area (Å²) in [7, 11) is 0. The van der Waals surface area contributed by atoms with E-state index in [9.17, 15) is 9.59 Å². The molecule has 0 radical (unpaired) electrons. The van der Waals surface area contributed by atoms with Gasteiger partial charge in [-0.15, -0.1) is 0 Å². The third-order valence-corrected chi connectivity index (χ3v) is 4.25. The highest BCUT2D eigenvalue weighted by atomic mass is 35.5. The highest BCUT2D eigenvalue weighted by Gasteiger charge is 2.09. The summed E-state index contributed by atoms with van der Waals surface area (Å²) in [5, 5.41) is 7.70. The summed E-state index contributed by atoms with van der Waals surface area (Å²) in [5.41, 5.74) is 3.16. The lowest BCUT2D eigenvalue weighted by Gasteiger charge is -2.05. The summed E-state index contributed by atoms with van der Waals surface area (Å²) in [5.74, 6) is -0.965. The fourth-order valence-electron chi connectivity index (χ4n) is 1.72. The molecule has 2 aromatic carbocycles. The van der Waals surface area contributed by atoms with Crippen LogP contribution in [0.1, 0.15) is 15.9 Å². The van der Waals surface area contributed by atoms with Crippen LogP contribution in [0.15, 0.2) is 41.5 Å². The molecule has 2 N–H and O–H groups in total. The second kappa shape index (κ2) is 9.06. The van der Waals surface area contributed by atoms with Crippen LogP contribution in [0.25, 0.3) is 0 Å². The molecule has 5 nitrogen and oxygen atoms in total. The summed E-state index contributed by atoms with van der Waals surface area (Å²) in [6, 6.07) is 9.28. The van der Waals surface area contributed by atoms with E-state index in [1.807, 2.05) is 0 Å². The van der Waals surface area contributed by atoms with E-state index >= 15 is 0 Å². The van der Waals surface area contributed by atoms with Crippen LogP contribution in [0.2, 0.25) is 20.1 Å². The van der Waals surface area contributed by atoms with E-state index in [-0.39, 0.29) is 11.6 Å². The number of hydrogen-bond donors (Lipinski definition) is 2. The van der Waals surface area contributed by atoms with Gasteiger partial charge in [0.15, 0.2) is 0 Å². The molecule has 2 aromatic rings. The van der Waals surface area contributed by atoms with Gasteiger partial charge in [-0.1, -0.05) is 52.5 Å². The van der Waals surface area contributed by atoms with Crippen LogP contribution in [-0.4, -0.2) is 24.6 Å². The number of benzene rings is 2. The number of hydrogen-bond acceptors (Lipinski definition) is 3. The Bertz CT molecular complexity index is 840. The predicted molar refractivity (Wildman–Crippen MR) is 101 cm³/mol. The molecule has 0 heterocycles. The summed E-state index contributed by atoms with van der Waals surface area (Å²) < 4.78 is 0. The summed E-state index contributed by atoms with van der Waals surface area (Å²) in [6.45, 7) is -0.259. The largest absolute Gasteiger partial charge is 0.343 e. The lowest BCUT2D eigenvalue weighted by molar-refractivity contribution is -0.120. The van der Waals surface area contributed by atoms with Crippen molar-refractivity contribution in [2.24, 2.45) is 5.10 Å². The van der Waals surface area contributed by atoms with Crippen LogP contribution in [0, 0.1) is 0 Å². The normalized spacial score (nSPS) is 10.7. The Balaban J connectivity index is 1.84. The first-order valence-corrected chi connectivity index (χ1v) is 8.38. The maximum Gasteiger partial charge on any atom is 0.259 e. The predicted octanol–water partition coefficient (Wildman–Crippen LogP) is 4.18. The molecule has 0 aliphatic carbocycles. The molecule has 0 atom stereocenters. The average molecular weight is 419 g/mol. The third kappa shape index (κ3) is 5.90. The minimum Gasteiger partial charge on any atom is -0.343 e. The number of carbonyl (C=O) groups excluding carboxylic acids is 2. The van der Waals surface area contributed by atoms with E-state index < -0.39 is 11.8 Å². The maximum atomic E-state index is 11.9. The van der Waals surface area contributed by atoms with Gasteiger partial charge in [0, 0.05) is 16.1 Å². The standard InChI is InChI=1S/C16H11Cl4N3O2/c17-11-3-1-10(13(19)6-11)7-22-23-15(24)8-21-16(25)9-2-4-12(18)14(20)5-9/h1-7H,8H2,(H,21,25)(H,23,24). The van der Waals surface area contributed by atoms with Crippen molar-refractivity contribution in [2.45, 2.75) is 0 Å². The highest BCUT2D eigenvalue weighted by molar-refractivity contribution is 6.42. The van der Waals surface area contributed by atoms with E-state index in [0.717, 1.165) is 0 Å². The number of rotatable bonds is 5. The molecule has 2 amide bonds. The van der Waals surface area contributed by atoms with Crippen LogP contribution in [0.5, 0.6) is 0 Å². The number of nitrogens with one attached hydrogen (secondary N) is 2. The molecule has 0 saturated carbocycles. The first kappa shape index (κ1) is 19.5. The molecule has 0 aliphatic rings. The quantitative estimate of drug-likeness (QED) is 0.564. The molecular formula is C16H11Cl4N3O2. The first-order chi connectivity index (χ1) is 11.9. The topological polar surface area (TPSA) is 70.6 Å². The molecule has 0 aliphatic heterocycles. The van der Waals surface area contributed by atoms with Crippen molar-refractivity contribution in [3.05, 3.63) is 67.6 Å². The van der Waals surface area contributed by atoms with Crippen LogP contribution in [0.3, 0.4) is 0 Å². The van der Waals surface area contributed by atoms with Crippen molar-refractivity contribution in [1.29, 1.82) is 0 Å². The Morgan fingerprint density at radius 3 is 2.40 bits per heavy atom. The van der Waals surface area contributed by atoms with Gasteiger partial charge in [0.2, 0.25) is 0 Å². The monoisotopic (exact) mass is 417 g/mol. The molecule has 0 fully saturated rings. The SMILES string of the molecule is O=C(CNC(=O)c1ccc(Cl)c(Cl)c1)NN=Cc1ccc(Cl)cc1Cl. The van der Waals surface area contributed by atoms with Crippen molar-refractivity contribution >= 4 is 64.4 Å². The summed E-state index contributed by atoms with van der Waals surface area (Å²) >= 11 is 23.4. The van der Waals surface area contributed by atoms with Gasteiger partial charge in [0.05, 0.1) is 27.8 Å². The number of carbonyl (C=O) groups is 2. The van der Waals surface area contributed by atoms with E-state index in [2.05, 4.69) is 15.8 Å². The molecule has 0 saturated heterocycles. The van der Waals surface area contributed by atoms with Crippen LogP contribution >= 0.6 is 46.4 Å². The highest BCUT2D eigenvalue weighted by Crippen LogP contribution is 2.22. The van der Waals surface area contributed by atoms with Crippen LogP contribution in [0.4, 0.5) is 0 Å². The van der Waals surface area contributed by atoms with E-state index in [1.165, 1.54) is 24.4 Å². The molecule has 130 valence electrons. The number of nitrogens with zero attached hydrogens (tertiary/aromatic N) is 1. The molecule has 25 heavy (non-hydrogen) atoms. The summed E-state index contributed by atoms with van der Waals surface area (Å²) in [6.07, 6.45) is 1.37. The molecule has 2 rings (SSSR count). The van der Waals surface area contributed by atoms with E-state index in [1.54, 1.807) is 18.2 Å². The lowest BCUT2D eigenvalue weighted by Crippen LogP contribution is -2.34. The fraction of sp³-hybridized carbons (Fsp3) is 0.0625. The smallest absolute Gasteiger partial charge is 0.259 e. The van der Waals surface area contributed by atoms with Crippen molar-refractivity contribution in [3.8, 4) is 0 Å². The number of hydrazone groups is 1. The number of amides is 2. The zero-order chi connectivity index (χ0) is 18.4. The van der Waals surface area contributed by atoms with Gasteiger partial charge in [-0.2, -0.15) is 5.10 Å². The molecule has 0 aromatic heterocycles. The van der Waals surface area contributed by atoms with Crippen molar-refractivity contribution in [3.63, 3.8) is 0 Å². The number of halogens is 4. The second-order valence-corrected chi connectivity index (χ2v) is 6.43. The van der Waals surface area contributed by atoms with Crippen LogP contribution in [-0.2, 0) is 4.79 Å². The van der Waals surface area contributed by atoms with Gasteiger partial charge in [-0.3, -0.25) is 9.59 Å². The second-order valence-electron chi connectivity index (χ2n) is 4.77. The van der Waals surface area contributed by atoms with E-state index in [0.29, 0.717) is 26.2 Å². The maximum absolute atomic E-state index is 11.9. The first-order valence-electron chi connectivity index (χ1n) is 6.87. The minimum absolute atomic E-state index is 0.253. The fourth-order valence-corrected chi connectivity index (χ4v) is 2.47. The lowest BCUT2D eigenvalue weighted by atomic mass is 10.2. The van der Waals surface area contributed by atoms with E-state index in [4.69, 9.17) is 46.4 Å². The molecule has 0 bridgehead atoms. The Hall–Kier alpha value is -1.79. The molecular weight excluding hydrogens is 408 g/mol. The van der Waals surface area contributed by atoms with Gasteiger partial charge in [-0.25, -0.2) is 5.43 Å². The molecule has 0 spiro atoms. The van der Waals surface area contributed by atoms with Crippen molar-refractivity contribution < 1.29 is 9.59 Å². The zero-order valence-electron chi connectivity index (χ0n) is 12.5. The Kier molecular flexibility index (Phi) is 7.08. The Morgan fingerprint density at radius 1 is 0.960 bits per heavy atom. The Morgan fingerprint density at radius 2 is 1.72 bits per heavy atom. The Labute approximate surface area is 163 Å². The van der Waals surface area contributed by atoms with Crippen molar-refractivity contribution in [1.82, 2.24) is 10.7 Å². The molecule has 9 heteroatoms. The minimum atomic E-state index is -0.505. The molecule has 0 unspecified atom stereocenters. The summed E-state index contributed by atoms with van der Waals surface area (Å²) in [4.78, 5) is 23.6. The van der Waals surface area contributed by atoms with Gasteiger partial charge in [0.25, 0.3) is 11.8 Å². The van der Waals surface area contributed by atoms with Crippen LogP contribution < -0.4 is 10.7 Å². The average Bonchev–Trinajstić information content (AvgIpc) is 2.57. The van der Waals surface area contributed by atoms with Gasteiger partial charge >= 0.3 is 0 Å². The van der Waals surface area contributed by atoms with Gasteiger partial charge < -0.3 is 5.32 Å². The van der Waals surface area contributed by atoms with Gasteiger partial charge in [-0.05, 0) is 30.3 Å². The zero-order valence-corrected chi connectivity index (χ0v) is 15.5. The van der Waals surface area contributed by atoms with Gasteiger partial charge in [0.1, 0.15) is 0 Å². The van der Waals surface area contributed by atoms with Crippen molar-refractivity contribution in [2.75, 3.05) is 6.54 Å².